The van der Waals surface area contributed by atoms with Crippen LogP contribution in [0.25, 0.3) is 11.2 Å². The van der Waals surface area contributed by atoms with Crippen molar-refractivity contribution in [3.8, 4) is 0 Å². The van der Waals surface area contributed by atoms with Gasteiger partial charge in [-0.1, -0.05) is 0 Å². The summed E-state index contributed by atoms with van der Waals surface area (Å²) in [6.07, 6.45) is 1.52. The van der Waals surface area contributed by atoms with Crippen molar-refractivity contribution < 1.29 is 17.0 Å². The van der Waals surface area contributed by atoms with E-state index in [1.54, 1.807) is 18.7 Å². The Labute approximate surface area is 95.5 Å². The van der Waals surface area contributed by atoms with Crippen molar-refractivity contribution in [2.45, 2.75) is 0 Å². The number of halogens is 1. The van der Waals surface area contributed by atoms with Gasteiger partial charge < -0.3 is 21.5 Å². The highest BCUT2D eigenvalue weighted by molar-refractivity contribution is 5.69. The molecular weight excluding hydrogens is 264 g/mol. The third-order valence-corrected chi connectivity index (χ3v) is 2.32. The topological polar surface area (TPSA) is 61.8 Å². The van der Waals surface area contributed by atoms with Crippen LogP contribution in [0.3, 0.4) is 0 Å². The van der Waals surface area contributed by atoms with Gasteiger partial charge in [0.05, 0.1) is 6.33 Å². The fraction of sp³-hybridized carbons (Fsp3) is 0.375. The van der Waals surface area contributed by atoms with Gasteiger partial charge in [-0.15, -0.1) is 0 Å². The molecule has 0 amide bonds. The summed E-state index contributed by atoms with van der Waals surface area (Å²) in [5.74, 6) is 0. The maximum atomic E-state index is 11.7. The zero-order valence-electron chi connectivity index (χ0n) is 8.56. The van der Waals surface area contributed by atoms with Gasteiger partial charge in [0, 0.05) is 21.1 Å². The molecule has 0 aliphatic rings. The highest BCUT2D eigenvalue weighted by Crippen LogP contribution is 2.01. The van der Waals surface area contributed by atoms with Crippen molar-refractivity contribution in [3.05, 3.63) is 27.2 Å². The number of aryl methyl sites for hydroxylation is 2. The number of hydrogen-bond acceptors (Lipinski definition) is 3. The van der Waals surface area contributed by atoms with Gasteiger partial charge in [-0.05, 0) is 0 Å². The average molecular weight is 274 g/mol. The molecule has 6 nitrogen and oxygen atoms in total. The van der Waals surface area contributed by atoms with Crippen LogP contribution < -0.4 is 28.2 Å². The maximum Gasteiger partial charge on any atom is 0.332 e. The molecule has 0 saturated carbocycles. The first-order valence-corrected chi connectivity index (χ1v) is 4.11. The van der Waals surface area contributed by atoms with E-state index in [2.05, 4.69) is 4.98 Å². The maximum absolute atomic E-state index is 11.7. The van der Waals surface area contributed by atoms with Gasteiger partial charge in [0.2, 0.25) is 0 Å². The molecule has 2 heterocycles. The van der Waals surface area contributed by atoms with Crippen LogP contribution in [0.5, 0.6) is 0 Å². The molecule has 2 aromatic rings. The third kappa shape index (κ3) is 1.43. The zero-order valence-corrected chi connectivity index (χ0v) is 10.1. The van der Waals surface area contributed by atoms with E-state index in [9.17, 15) is 9.59 Å². The second-order valence-electron chi connectivity index (χ2n) is 3.23. The Morgan fingerprint density at radius 3 is 2.33 bits per heavy atom. The molecule has 82 valence electrons. The molecule has 0 N–H and O–H groups in total. The SMILES string of the molecule is Cn1c(=O)c2c(ncn2C)n(C)c1=O.[Br-]. The van der Waals surface area contributed by atoms with Crippen molar-refractivity contribution in [2.24, 2.45) is 21.1 Å². The van der Waals surface area contributed by atoms with Crippen LogP contribution in [0.1, 0.15) is 0 Å². The van der Waals surface area contributed by atoms with Gasteiger partial charge in [-0.3, -0.25) is 13.9 Å². The average Bonchev–Trinajstić information content (AvgIpc) is 2.54. The van der Waals surface area contributed by atoms with E-state index in [1.165, 1.54) is 17.9 Å². The van der Waals surface area contributed by atoms with Crippen molar-refractivity contribution in [1.29, 1.82) is 0 Å². The quantitative estimate of drug-likeness (QED) is 0.491. The fourth-order valence-corrected chi connectivity index (χ4v) is 1.47. The highest BCUT2D eigenvalue weighted by Gasteiger charge is 2.11. The normalized spacial score (nSPS) is 10.3. The molecule has 0 bridgehead atoms. The summed E-state index contributed by atoms with van der Waals surface area (Å²) in [7, 11) is 4.77. The van der Waals surface area contributed by atoms with Crippen LogP contribution >= 0.6 is 0 Å². The molecule has 2 aromatic heterocycles. The van der Waals surface area contributed by atoms with E-state index >= 15 is 0 Å². The second-order valence-corrected chi connectivity index (χ2v) is 3.23. The number of rotatable bonds is 0. The standard InChI is InChI=1S/C8H10N4O2.BrH/c1-10-4-9-6-5(10)7(13)12(3)8(14)11(6)2;/h4H,1-3H3;1H/p-1. The van der Waals surface area contributed by atoms with Gasteiger partial charge >= 0.3 is 5.69 Å². The summed E-state index contributed by atoms with van der Waals surface area (Å²) < 4.78 is 4.04. The number of aromatic nitrogens is 4. The largest absolute Gasteiger partial charge is 1.00 e. The summed E-state index contributed by atoms with van der Waals surface area (Å²) in [5.41, 5.74) is 0.180. The molecule has 0 radical (unpaired) electrons. The lowest BCUT2D eigenvalue weighted by molar-refractivity contribution is -0.00000323. The number of imidazole rings is 1. The highest BCUT2D eigenvalue weighted by atomic mass is 79.9. The molecule has 0 fully saturated rings. The van der Waals surface area contributed by atoms with Crippen molar-refractivity contribution in [2.75, 3.05) is 0 Å². The molecule has 0 atom stereocenters. The minimum Gasteiger partial charge on any atom is -1.00 e. The van der Waals surface area contributed by atoms with Crippen molar-refractivity contribution in [3.63, 3.8) is 0 Å². The lowest BCUT2D eigenvalue weighted by Gasteiger charge is -2.02. The van der Waals surface area contributed by atoms with E-state index in [-0.39, 0.29) is 28.2 Å². The first-order valence-electron chi connectivity index (χ1n) is 4.11. The fourth-order valence-electron chi connectivity index (χ4n) is 1.47. The third-order valence-electron chi connectivity index (χ3n) is 2.32. The van der Waals surface area contributed by atoms with Crippen LogP contribution in [-0.2, 0) is 21.1 Å². The van der Waals surface area contributed by atoms with Crippen LogP contribution in [0, 0.1) is 0 Å². The van der Waals surface area contributed by atoms with Gasteiger partial charge in [0.25, 0.3) is 5.56 Å². The van der Waals surface area contributed by atoms with E-state index in [0.717, 1.165) is 4.57 Å². The monoisotopic (exact) mass is 273 g/mol. The van der Waals surface area contributed by atoms with Gasteiger partial charge in [-0.2, -0.15) is 0 Å². The smallest absolute Gasteiger partial charge is 0.332 e. The van der Waals surface area contributed by atoms with E-state index in [4.69, 9.17) is 0 Å². The summed E-state index contributed by atoms with van der Waals surface area (Å²) in [4.78, 5) is 27.2. The van der Waals surface area contributed by atoms with E-state index in [1.807, 2.05) is 0 Å². The Morgan fingerprint density at radius 2 is 1.73 bits per heavy atom. The lowest BCUT2D eigenvalue weighted by Crippen LogP contribution is -3.00. The molecular formula is C8H10BrN4O2-. The Bertz CT molecular complexity index is 622. The summed E-state index contributed by atoms with van der Waals surface area (Å²) in [6, 6.07) is 0. The number of nitrogens with zero attached hydrogens (tertiary/aromatic N) is 4. The molecule has 0 aromatic carbocycles. The Balaban J connectivity index is 0.00000112. The minimum atomic E-state index is -0.360. The van der Waals surface area contributed by atoms with Crippen molar-refractivity contribution in [1.82, 2.24) is 18.7 Å². The van der Waals surface area contributed by atoms with Crippen molar-refractivity contribution >= 4 is 11.2 Å². The first-order chi connectivity index (χ1) is 6.54. The Morgan fingerprint density at radius 1 is 1.13 bits per heavy atom. The van der Waals surface area contributed by atoms with Gasteiger partial charge in [-0.25, -0.2) is 9.78 Å². The van der Waals surface area contributed by atoms with E-state index < -0.39 is 0 Å². The van der Waals surface area contributed by atoms with Crippen LogP contribution in [0.4, 0.5) is 0 Å². The molecule has 15 heavy (non-hydrogen) atoms. The second kappa shape index (κ2) is 3.65. The van der Waals surface area contributed by atoms with Crippen LogP contribution in [0.15, 0.2) is 15.9 Å². The predicted octanol–water partition coefficient (Wildman–Crippen LogP) is -4.03. The lowest BCUT2D eigenvalue weighted by atomic mass is 10.5. The molecule has 0 aliphatic heterocycles. The van der Waals surface area contributed by atoms with Crippen LogP contribution in [0.2, 0.25) is 0 Å². The summed E-state index contributed by atoms with van der Waals surface area (Å²) in [5, 5.41) is 0. The number of fused-ring (bicyclic) bond motifs is 1. The van der Waals surface area contributed by atoms with E-state index in [0.29, 0.717) is 11.2 Å². The molecule has 0 spiro atoms. The molecule has 2 rings (SSSR count). The van der Waals surface area contributed by atoms with Crippen LogP contribution in [-0.4, -0.2) is 18.7 Å². The molecule has 0 aliphatic carbocycles. The molecule has 0 saturated heterocycles. The summed E-state index contributed by atoms with van der Waals surface area (Å²) in [6.45, 7) is 0. The zero-order chi connectivity index (χ0) is 10.5. The van der Waals surface area contributed by atoms with Gasteiger partial charge in [0.15, 0.2) is 11.2 Å². The Kier molecular flexibility index (Phi) is 2.85. The predicted molar refractivity (Wildman–Crippen MR) is 51.2 cm³/mol. The molecule has 7 heteroatoms. The minimum absolute atomic E-state index is 0. The molecule has 0 unspecified atom stereocenters. The first kappa shape index (κ1) is 11.7. The Hall–Kier alpha value is -1.37. The summed E-state index contributed by atoms with van der Waals surface area (Å²) >= 11 is 0. The van der Waals surface area contributed by atoms with Gasteiger partial charge in [0.1, 0.15) is 0 Å². The number of hydrogen-bond donors (Lipinski definition) is 0.